The zero-order chi connectivity index (χ0) is 14.7. The number of rotatable bonds is 3. The third kappa shape index (κ3) is 3.57. The van der Waals surface area contributed by atoms with E-state index in [1.807, 2.05) is 0 Å². The lowest BCUT2D eigenvalue weighted by molar-refractivity contribution is -0.138. The smallest absolute Gasteiger partial charge is 0.227 e. The van der Waals surface area contributed by atoms with Crippen LogP contribution >= 0.6 is 0 Å². The van der Waals surface area contributed by atoms with Gasteiger partial charge in [-0.15, -0.1) is 0 Å². The van der Waals surface area contributed by atoms with Crippen molar-refractivity contribution in [3.63, 3.8) is 0 Å². The molecule has 2 atom stereocenters. The lowest BCUT2D eigenvalue weighted by Crippen LogP contribution is -2.49. The molecule has 118 valence electrons. The predicted molar refractivity (Wildman–Crippen MR) is 80.8 cm³/mol. The summed E-state index contributed by atoms with van der Waals surface area (Å²) in [4.78, 5) is 28.6. The number of hydrogen-bond donors (Lipinski definition) is 1. The fourth-order valence-electron chi connectivity index (χ4n) is 3.93. The van der Waals surface area contributed by atoms with E-state index in [4.69, 9.17) is 0 Å². The number of likely N-dealkylation sites (tertiary alicyclic amines) is 2. The molecule has 3 aliphatic heterocycles. The molecule has 0 bridgehead atoms. The average molecular weight is 293 g/mol. The van der Waals surface area contributed by atoms with Gasteiger partial charge in [0.25, 0.3) is 0 Å². The van der Waals surface area contributed by atoms with Crippen LogP contribution in [0.25, 0.3) is 0 Å². The predicted octanol–water partition coefficient (Wildman–Crippen LogP) is 0.989. The van der Waals surface area contributed by atoms with Gasteiger partial charge >= 0.3 is 0 Å². The van der Waals surface area contributed by atoms with Gasteiger partial charge in [-0.2, -0.15) is 0 Å². The lowest BCUT2D eigenvalue weighted by Gasteiger charge is -2.35. The maximum absolute atomic E-state index is 12.7. The van der Waals surface area contributed by atoms with Gasteiger partial charge < -0.3 is 15.1 Å². The van der Waals surface area contributed by atoms with E-state index >= 15 is 0 Å². The molecule has 3 saturated heterocycles. The molecule has 0 aromatic heterocycles. The molecule has 0 spiro atoms. The number of nitrogens with zero attached hydrogens (tertiary/aromatic N) is 2. The molecule has 0 aliphatic carbocycles. The molecule has 1 N–H and O–H groups in total. The molecule has 0 radical (unpaired) electrons. The van der Waals surface area contributed by atoms with Crippen LogP contribution in [0.4, 0.5) is 0 Å². The third-order valence-corrected chi connectivity index (χ3v) is 5.19. The topological polar surface area (TPSA) is 52.7 Å². The number of nitrogens with one attached hydrogen (secondary N) is 1. The Morgan fingerprint density at radius 2 is 1.90 bits per heavy atom. The fraction of sp³-hybridized carbons (Fsp3) is 0.875. The summed E-state index contributed by atoms with van der Waals surface area (Å²) in [6, 6.07) is 0.397. The second-order valence-electron chi connectivity index (χ2n) is 6.73. The summed E-state index contributed by atoms with van der Waals surface area (Å²) in [5.74, 6) is 0.365. The normalized spacial score (nSPS) is 31.2. The first-order chi connectivity index (χ1) is 10.2. The summed E-state index contributed by atoms with van der Waals surface area (Å²) < 4.78 is 0. The zero-order valence-electron chi connectivity index (χ0n) is 12.9. The van der Waals surface area contributed by atoms with Gasteiger partial charge in [-0.1, -0.05) is 6.42 Å². The molecule has 3 heterocycles. The van der Waals surface area contributed by atoms with Gasteiger partial charge in [0.05, 0.1) is 5.92 Å². The van der Waals surface area contributed by atoms with Crippen molar-refractivity contribution in [2.75, 3.05) is 32.7 Å². The van der Waals surface area contributed by atoms with Crippen LogP contribution < -0.4 is 5.32 Å². The van der Waals surface area contributed by atoms with E-state index in [1.54, 1.807) is 0 Å². The van der Waals surface area contributed by atoms with Crippen molar-refractivity contribution in [1.29, 1.82) is 0 Å². The molecule has 3 fully saturated rings. The van der Waals surface area contributed by atoms with Crippen LogP contribution in [0.3, 0.4) is 0 Å². The molecule has 3 aliphatic rings. The quantitative estimate of drug-likeness (QED) is 0.844. The first kappa shape index (κ1) is 14.8. The van der Waals surface area contributed by atoms with Gasteiger partial charge in [0.15, 0.2) is 0 Å². The van der Waals surface area contributed by atoms with Crippen LogP contribution in [-0.4, -0.2) is 60.4 Å². The van der Waals surface area contributed by atoms with Crippen LogP contribution in [0.5, 0.6) is 0 Å². The van der Waals surface area contributed by atoms with Gasteiger partial charge in [0.1, 0.15) is 0 Å². The fourth-order valence-corrected chi connectivity index (χ4v) is 3.93. The van der Waals surface area contributed by atoms with Crippen LogP contribution in [0.2, 0.25) is 0 Å². The van der Waals surface area contributed by atoms with E-state index < -0.39 is 0 Å². The molecule has 0 aromatic rings. The Morgan fingerprint density at radius 3 is 2.62 bits per heavy atom. The second kappa shape index (κ2) is 6.77. The highest BCUT2D eigenvalue weighted by molar-refractivity contribution is 5.84. The highest BCUT2D eigenvalue weighted by Gasteiger charge is 2.35. The minimum atomic E-state index is 0.00431. The van der Waals surface area contributed by atoms with Crippen molar-refractivity contribution in [1.82, 2.24) is 15.1 Å². The van der Waals surface area contributed by atoms with Gasteiger partial charge in [0, 0.05) is 32.1 Å². The van der Waals surface area contributed by atoms with Crippen LogP contribution in [0.15, 0.2) is 0 Å². The Balaban J connectivity index is 1.55. The molecule has 2 amide bonds. The molecule has 3 rings (SSSR count). The Morgan fingerprint density at radius 1 is 1.10 bits per heavy atom. The number of hydrogen-bond acceptors (Lipinski definition) is 3. The van der Waals surface area contributed by atoms with Crippen molar-refractivity contribution in [2.24, 2.45) is 5.92 Å². The summed E-state index contributed by atoms with van der Waals surface area (Å²) in [5, 5.41) is 2.84. The van der Waals surface area contributed by atoms with E-state index in [2.05, 4.69) is 15.1 Å². The monoisotopic (exact) mass is 293 g/mol. The summed E-state index contributed by atoms with van der Waals surface area (Å²) in [5.41, 5.74) is 0. The van der Waals surface area contributed by atoms with Crippen molar-refractivity contribution in [3.05, 3.63) is 0 Å². The van der Waals surface area contributed by atoms with Crippen molar-refractivity contribution < 1.29 is 9.59 Å². The highest BCUT2D eigenvalue weighted by atomic mass is 16.2. The number of carbonyl (C=O) groups is 2. The summed E-state index contributed by atoms with van der Waals surface area (Å²) in [6.45, 7) is 4.87. The maximum atomic E-state index is 12.7. The van der Waals surface area contributed by atoms with Gasteiger partial charge in [-0.3, -0.25) is 9.59 Å². The zero-order valence-corrected chi connectivity index (χ0v) is 12.9. The van der Waals surface area contributed by atoms with Crippen LogP contribution in [0, 0.1) is 5.92 Å². The Kier molecular flexibility index (Phi) is 4.78. The minimum absolute atomic E-state index is 0.00431. The summed E-state index contributed by atoms with van der Waals surface area (Å²) in [7, 11) is 0. The van der Waals surface area contributed by atoms with Gasteiger partial charge in [0.2, 0.25) is 11.8 Å². The Hall–Kier alpha value is -1.10. The molecule has 5 heteroatoms. The molecular weight excluding hydrogens is 266 g/mol. The first-order valence-corrected chi connectivity index (χ1v) is 8.53. The largest absolute Gasteiger partial charge is 0.355 e. The van der Waals surface area contributed by atoms with E-state index in [0.29, 0.717) is 19.0 Å². The molecule has 21 heavy (non-hydrogen) atoms. The number of amides is 2. The highest BCUT2D eigenvalue weighted by Crippen LogP contribution is 2.24. The third-order valence-electron chi connectivity index (χ3n) is 5.19. The SMILES string of the molecule is O=C1CCC(C(=O)N2CCCC2CN2CCCCC2)CN1. The number of carbonyl (C=O) groups excluding carboxylic acids is 2. The maximum Gasteiger partial charge on any atom is 0.227 e. The van der Waals surface area contributed by atoms with E-state index in [-0.39, 0.29) is 17.7 Å². The molecular formula is C16H27N3O2. The van der Waals surface area contributed by atoms with Gasteiger partial charge in [-0.25, -0.2) is 0 Å². The molecule has 2 unspecified atom stereocenters. The van der Waals surface area contributed by atoms with Gasteiger partial charge in [-0.05, 0) is 45.2 Å². The number of piperidine rings is 2. The second-order valence-corrected chi connectivity index (χ2v) is 6.73. The Bertz CT molecular complexity index is 383. The van der Waals surface area contributed by atoms with E-state index in [1.165, 1.54) is 32.4 Å². The first-order valence-electron chi connectivity index (χ1n) is 8.53. The summed E-state index contributed by atoms with van der Waals surface area (Å²) in [6.07, 6.45) is 7.44. The lowest BCUT2D eigenvalue weighted by atomic mass is 9.97. The summed E-state index contributed by atoms with van der Waals surface area (Å²) >= 11 is 0. The average Bonchev–Trinajstić information content (AvgIpc) is 2.96. The molecule has 0 aromatic carbocycles. The minimum Gasteiger partial charge on any atom is -0.355 e. The van der Waals surface area contributed by atoms with Crippen LogP contribution in [0.1, 0.15) is 44.9 Å². The van der Waals surface area contributed by atoms with Crippen LogP contribution in [-0.2, 0) is 9.59 Å². The van der Waals surface area contributed by atoms with Crippen molar-refractivity contribution >= 4 is 11.8 Å². The standard InChI is InChI=1S/C16H27N3O2/c20-15-7-6-13(11-17-15)16(21)19-10-4-5-14(19)12-18-8-2-1-3-9-18/h13-14H,1-12H2,(H,17,20). The Labute approximate surface area is 127 Å². The van der Waals surface area contributed by atoms with Crippen molar-refractivity contribution in [3.8, 4) is 0 Å². The van der Waals surface area contributed by atoms with E-state index in [9.17, 15) is 9.59 Å². The van der Waals surface area contributed by atoms with E-state index in [0.717, 1.165) is 32.4 Å². The molecule has 0 saturated carbocycles. The molecule has 5 nitrogen and oxygen atoms in total. The van der Waals surface area contributed by atoms with Crippen molar-refractivity contribution in [2.45, 2.75) is 51.0 Å².